The highest BCUT2D eigenvalue weighted by Gasteiger charge is 2.42. The third-order valence-electron chi connectivity index (χ3n) is 5.75. The Kier molecular flexibility index (Phi) is 4.93. The number of rotatable bonds is 7. The molecular weight excluding hydrogens is 410 g/mol. The zero-order valence-electron chi connectivity index (χ0n) is 17.6. The van der Waals surface area contributed by atoms with E-state index in [4.69, 9.17) is 9.47 Å². The summed E-state index contributed by atoms with van der Waals surface area (Å²) < 4.78 is 13.0. The number of anilines is 4. The van der Waals surface area contributed by atoms with Crippen LogP contribution < -0.4 is 25.4 Å². The maximum Gasteiger partial charge on any atom is 0.224 e. The SMILES string of the molecule is CNc1cc(Nc2cccc3c2OCCO3)nc2c(NC(=O)CCC3(C#N)CC3)cnn12. The summed E-state index contributed by atoms with van der Waals surface area (Å²) >= 11 is 0. The summed E-state index contributed by atoms with van der Waals surface area (Å²) in [6.07, 6.45) is 4.16. The number of nitrogens with zero attached hydrogens (tertiary/aromatic N) is 4. The van der Waals surface area contributed by atoms with Crippen LogP contribution in [0.25, 0.3) is 5.65 Å². The highest BCUT2D eigenvalue weighted by atomic mass is 16.6. The van der Waals surface area contributed by atoms with Crippen molar-refractivity contribution in [3.63, 3.8) is 0 Å². The van der Waals surface area contributed by atoms with Gasteiger partial charge >= 0.3 is 0 Å². The predicted molar refractivity (Wildman–Crippen MR) is 118 cm³/mol. The number of aromatic nitrogens is 3. The molecule has 1 aromatic carbocycles. The van der Waals surface area contributed by atoms with Gasteiger partial charge in [0.2, 0.25) is 5.91 Å². The van der Waals surface area contributed by atoms with Crippen molar-refractivity contribution in [1.82, 2.24) is 14.6 Å². The molecule has 1 amide bonds. The second-order valence-electron chi connectivity index (χ2n) is 7.97. The monoisotopic (exact) mass is 433 g/mol. The van der Waals surface area contributed by atoms with Crippen molar-refractivity contribution in [1.29, 1.82) is 5.26 Å². The van der Waals surface area contributed by atoms with Gasteiger partial charge in [0, 0.05) is 19.5 Å². The Labute approximate surface area is 184 Å². The van der Waals surface area contributed by atoms with Crippen molar-refractivity contribution in [2.75, 3.05) is 36.2 Å². The molecule has 32 heavy (non-hydrogen) atoms. The molecule has 5 rings (SSSR count). The lowest BCUT2D eigenvalue weighted by atomic mass is 10.0. The molecule has 0 unspecified atom stereocenters. The second-order valence-corrected chi connectivity index (χ2v) is 7.97. The third-order valence-corrected chi connectivity index (χ3v) is 5.75. The Morgan fingerprint density at radius 3 is 2.91 bits per heavy atom. The zero-order valence-corrected chi connectivity index (χ0v) is 17.6. The van der Waals surface area contributed by atoms with Gasteiger partial charge in [0.25, 0.3) is 0 Å². The van der Waals surface area contributed by atoms with Crippen molar-refractivity contribution >= 4 is 34.6 Å². The minimum Gasteiger partial charge on any atom is -0.486 e. The van der Waals surface area contributed by atoms with Gasteiger partial charge in [0.15, 0.2) is 17.1 Å². The first-order chi connectivity index (χ1) is 15.6. The Morgan fingerprint density at radius 2 is 2.12 bits per heavy atom. The summed E-state index contributed by atoms with van der Waals surface area (Å²) in [6.45, 7) is 0.991. The van der Waals surface area contributed by atoms with Gasteiger partial charge < -0.3 is 25.4 Å². The van der Waals surface area contributed by atoms with Gasteiger partial charge in [-0.2, -0.15) is 14.9 Å². The van der Waals surface area contributed by atoms with E-state index in [-0.39, 0.29) is 17.7 Å². The van der Waals surface area contributed by atoms with Crippen LogP contribution in [0.1, 0.15) is 25.7 Å². The molecule has 3 heterocycles. The molecule has 2 aliphatic rings. The van der Waals surface area contributed by atoms with Crippen molar-refractivity contribution in [3.8, 4) is 17.6 Å². The van der Waals surface area contributed by atoms with E-state index < -0.39 is 0 Å². The molecule has 0 atom stereocenters. The van der Waals surface area contributed by atoms with Gasteiger partial charge in [-0.15, -0.1) is 0 Å². The van der Waals surface area contributed by atoms with Gasteiger partial charge in [-0.25, -0.2) is 4.98 Å². The number of nitrogens with one attached hydrogen (secondary N) is 3. The van der Waals surface area contributed by atoms with E-state index in [1.54, 1.807) is 17.8 Å². The molecule has 0 radical (unpaired) electrons. The predicted octanol–water partition coefficient (Wildman–Crippen LogP) is 3.31. The van der Waals surface area contributed by atoms with Crippen LogP contribution in [0.15, 0.2) is 30.5 Å². The van der Waals surface area contributed by atoms with Gasteiger partial charge in [-0.3, -0.25) is 4.79 Å². The highest BCUT2D eigenvalue weighted by Crippen LogP contribution is 2.48. The van der Waals surface area contributed by atoms with E-state index in [0.29, 0.717) is 54.1 Å². The van der Waals surface area contributed by atoms with Crippen molar-refractivity contribution in [2.24, 2.45) is 5.41 Å². The van der Waals surface area contributed by atoms with Crippen molar-refractivity contribution < 1.29 is 14.3 Å². The van der Waals surface area contributed by atoms with E-state index in [1.807, 2.05) is 24.3 Å². The van der Waals surface area contributed by atoms with E-state index >= 15 is 0 Å². The average Bonchev–Trinajstić information content (AvgIpc) is 3.51. The Hall–Kier alpha value is -4.00. The highest BCUT2D eigenvalue weighted by molar-refractivity contribution is 5.94. The minimum atomic E-state index is -0.312. The molecule has 10 heteroatoms. The fraction of sp³-hybridized carbons (Fsp3) is 0.364. The number of hydrogen-bond donors (Lipinski definition) is 3. The lowest BCUT2D eigenvalue weighted by Gasteiger charge is -2.21. The van der Waals surface area contributed by atoms with Gasteiger partial charge in [-0.1, -0.05) is 6.07 Å². The summed E-state index contributed by atoms with van der Waals surface area (Å²) in [7, 11) is 1.79. The molecule has 10 nitrogen and oxygen atoms in total. The van der Waals surface area contributed by atoms with Crippen LogP contribution in [0, 0.1) is 16.7 Å². The summed E-state index contributed by atoms with van der Waals surface area (Å²) in [5.41, 5.74) is 1.42. The zero-order chi connectivity index (χ0) is 22.1. The minimum absolute atomic E-state index is 0.157. The molecule has 2 aromatic heterocycles. The Balaban J connectivity index is 1.40. The fourth-order valence-corrected chi connectivity index (χ4v) is 3.74. The number of nitriles is 1. The largest absolute Gasteiger partial charge is 0.486 e. The third kappa shape index (κ3) is 3.73. The van der Waals surface area contributed by atoms with Crippen LogP contribution in [0.3, 0.4) is 0 Å². The van der Waals surface area contributed by atoms with Gasteiger partial charge in [-0.05, 0) is 31.4 Å². The normalized spacial score (nSPS) is 15.6. The standard InChI is InChI=1S/C22H23N7O3/c1-24-18-11-17(26-14-3-2-4-16-20(14)32-10-9-31-16)28-21-15(12-25-29(18)21)27-19(30)5-6-22(13-23)7-8-22/h2-4,11-12,24H,5-10H2,1H3,(H,26,28)(H,27,30). The Bertz CT molecular complexity index is 1230. The van der Waals surface area contributed by atoms with Crippen molar-refractivity contribution in [2.45, 2.75) is 25.7 Å². The molecule has 1 aliphatic carbocycles. The smallest absolute Gasteiger partial charge is 0.224 e. The quantitative estimate of drug-likeness (QED) is 0.518. The summed E-state index contributed by atoms with van der Waals surface area (Å²) in [6, 6.07) is 9.77. The molecule has 164 valence electrons. The summed E-state index contributed by atoms with van der Waals surface area (Å²) in [4.78, 5) is 17.2. The average molecular weight is 433 g/mol. The van der Waals surface area contributed by atoms with E-state index in [0.717, 1.165) is 18.5 Å². The van der Waals surface area contributed by atoms with Crippen LogP contribution in [-0.2, 0) is 4.79 Å². The molecular formula is C22H23N7O3. The molecule has 1 fully saturated rings. The first-order valence-corrected chi connectivity index (χ1v) is 10.5. The first-order valence-electron chi connectivity index (χ1n) is 10.5. The first kappa shape index (κ1) is 19.9. The summed E-state index contributed by atoms with van der Waals surface area (Å²) in [5, 5.41) is 22.8. The topological polar surface area (TPSA) is 126 Å². The number of carbonyl (C=O) groups is 1. The lowest BCUT2D eigenvalue weighted by molar-refractivity contribution is -0.116. The molecule has 3 aromatic rings. The number of hydrogen-bond acceptors (Lipinski definition) is 8. The van der Waals surface area contributed by atoms with E-state index in [9.17, 15) is 10.1 Å². The number of para-hydroxylation sites is 1. The lowest BCUT2D eigenvalue weighted by Crippen LogP contribution is -2.16. The van der Waals surface area contributed by atoms with E-state index in [1.165, 1.54) is 0 Å². The number of ether oxygens (including phenoxy) is 2. The fourth-order valence-electron chi connectivity index (χ4n) is 3.74. The summed E-state index contributed by atoms with van der Waals surface area (Å²) in [5.74, 6) is 2.41. The maximum atomic E-state index is 12.5. The molecule has 1 aliphatic heterocycles. The van der Waals surface area contributed by atoms with Crippen LogP contribution >= 0.6 is 0 Å². The van der Waals surface area contributed by atoms with Crippen molar-refractivity contribution in [3.05, 3.63) is 30.5 Å². The molecule has 0 bridgehead atoms. The molecule has 3 N–H and O–H groups in total. The van der Waals surface area contributed by atoms with Gasteiger partial charge in [0.1, 0.15) is 30.5 Å². The molecule has 0 spiro atoms. The number of amides is 1. The molecule has 1 saturated carbocycles. The Morgan fingerprint density at radius 1 is 1.28 bits per heavy atom. The maximum absolute atomic E-state index is 12.5. The van der Waals surface area contributed by atoms with Crippen LogP contribution in [-0.4, -0.2) is 40.8 Å². The second kappa shape index (κ2) is 7.92. The van der Waals surface area contributed by atoms with E-state index in [2.05, 4.69) is 32.1 Å². The van der Waals surface area contributed by atoms with Crippen LogP contribution in [0.2, 0.25) is 0 Å². The number of carbonyl (C=O) groups excluding carboxylic acids is 1. The number of fused-ring (bicyclic) bond motifs is 2. The van der Waals surface area contributed by atoms with Crippen LogP contribution in [0.5, 0.6) is 11.5 Å². The van der Waals surface area contributed by atoms with Crippen LogP contribution in [0.4, 0.5) is 23.0 Å². The van der Waals surface area contributed by atoms with Gasteiger partial charge in [0.05, 0.1) is 23.4 Å². The number of benzene rings is 1. The molecule has 0 saturated heterocycles.